The minimum Gasteiger partial charge on any atom is -0.494 e. The Bertz CT molecular complexity index is 1010. The molecule has 0 N–H and O–H groups in total. The van der Waals surface area contributed by atoms with Crippen LogP contribution >= 0.6 is 11.3 Å². The second-order valence-corrected chi connectivity index (χ2v) is 7.11. The van der Waals surface area contributed by atoms with Crippen molar-refractivity contribution in [2.45, 2.75) is 26.8 Å². The van der Waals surface area contributed by atoms with Crippen LogP contribution in [-0.2, 0) is 22.5 Å². The second kappa shape index (κ2) is 9.61. The number of hydrogen-bond acceptors (Lipinski definition) is 4. The van der Waals surface area contributed by atoms with Gasteiger partial charge in [-0.3, -0.25) is 4.79 Å². The number of carbonyl (C=O) groups is 1. The molecule has 7 heteroatoms. The minimum absolute atomic E-state index is 0.129. The molecule has 0 aliphatic rings. The molecular weight excluding hydrogens is 379 g/mol. The van der Waals surface area contributed by atoms with E-state index in [9.17, 15) is 9.18 Å². The van der Waals surface area contributed by atoms with Gasteiger partial charge in [0.05, 0.1) is 29.9 Å². The Labute approximate surface area is 167 Å². The molecule has 1 aromatic heterocycles. The standard InChI is InChI=1S/C21H23FN2O3S/c1-3-26-12-11-24-18-10-9-17(27-4-2)14-19(18)28-21(24)23-20(25)13-15-5-7-16(22)8-6-15/h5-10,14H,3-4,11-13H2,1-2H3. The Hall–Kier alpha value is -2.51. The fourth-order valence-electron chi connectivity index (χ4n) is 2.83. The molecule has 0 fully saturated rings. The van der Waals surface area contributed by atoms with E-state index in [4.69, 9.17) is 9.47 Å². The normalized spacial score (nSPS) is 11.9. The quantitative estimate of drug-likeness (QED) is 0.536. The first-order valence-corrected chi connectivity index (χ1v) is 10.1. The summed E-state index contributed by atoms with van der Waals surface area (Å²) in [5, 5.41) is 0. The average Bonchev–Trinajstić information content (AvgIpc) is 3.00. The van der Waals surface area contributed by atoms with Crippen LogP contribution < -0.4 is 9.54 Å². The molecular formula is C21H23FN2O3S. The molecule has 0 saturated carbocycles. The zero-order chi connectivity index (χ0) is 19.9. The summed E-state index contributed by atoms with van der Waals surface area (Å²) in [5.41, 5.74) is 1.72. The molecule has 148 valence electrons. The molecule has 3 rings (SSSR count). The lowest BCUT2D eigenvalue weighted by Gasteiger charge is -2.06. The highest BCUT2D eigenvalue weighted by Gasteiger charge is 2.10. The summed E-state index contributed by atoms with van der Waals surface area (Å²) in [7, 11) is 0. The van der Waals surface area contributed by atoms with Crippen LogP contribution in [0.4, 0.5) is 4.39 Å². The summed E-state index contributed by atoms with van der Waals surface area (Å²) in [6.45, 7) is 6.25. The van der Waals surface area contributed by atoms with E-state index >= 15 is 0 Å². The van der Waals surface area contributed by atoms with Gasteiger partial charge in [0.1, 0.15) is 11.6 Å². The summed E-state index contributed by atoms with van der Waals surface area (Å²) in [4.78, 5) is 17.4. The number of carbonyl (C=O) groups excluding carboxylic acids is 1. The number of fused-ring (bicyclic) bond motifs is 1. The van der Waals surface area contributed by atoms with Crippen LogP contribution in [0.1, 0.15) is 19.4 Å². The SMILES string of the molecule is CCOCCn1c(=NC(=O)Cc2ccc(F)cc2)sc2cc(OCC)ccc21. The maximum Gasteiger partial charge on any atom is 0.252 e. The molecule has 0 atom stereocenters. The van der Waals surface area contributed by atoms with Crippen LogP contribution in [0, 0.1) is 5.82 Å². The predicted molar refractivity (Wildman–Crippen MR) is 108 cm³/mol. The van der Waals surface area contributed by atoms with Crippen LogP contribution in [0.2, 0.25) is 0 Å². The number of amides is 1. The molecule has 0 unspecified atom stereocenters. The van der Waals surface area contributed by atoms with E-state index < -0.39 is 0 Å². The highest BCUT2D eigenvalue weighted by atomic mass is 32.1. The van der Waals surface area contributed by atoms with E-state index in [0.717, 1.165) is 21.5 Å². The third-order valence-electron chi connectivity index (χ3n) is 4.12. The first-order chi connectivity index (χ1) is 13.6. The van der Waals surface area contributed by atoms with E-state index in [1.807, 2.05) is 36.6 Å². The molecule has 0 radical (unpaired) electrons. The molecule has 0 spiro atoms. The Morgan fingerprint density at radius 1 is 1.14 bits per heavy atom. The molecule has 5 nitrogen and oxygen atoms in total. The maximum atomic E-state index is 13.0. The number of aromatic nitrogens is 1. The molecule has 2 aromatic carbocycles. The number of hydrogen-bond donors (Lipinski definition) is 0. The topological polar surface area (TPSA) is 52.8 Å². The number of nitrogens with zero attached hydrogens (tertiary/aromatic N) is 2. The second-order valence-electron chi connectivity index (χ2n) is 6.10. The predicted octanol–water partition coefficient (Wildman–Crippen LogP) is 3.95. The van der Waals surface area contributed by atoms with Gasteiger partial charge < -0.3 is 14.0 Å². The van der Waals surface area contributed by atoms with Crippen LogP contribution in [0.3, 0.4) is 0 Å². The van der Waals surface area contributed by atoms with Gasteiger partial charge in [-0.15, -0.1) is 0 Å². The summed E-state index contributed by atoms with van der Waals surface area (Å²) in [5.74, 6) is 0.197. The largest absolute Gasteiger partial charge is 0.494 e. The number of benzene rings is 2. The van der Waals surface area contributed by atoms with Crippen molar-refractivity contribution in [3.05, 3.63) is 58.6 Å². The van der Waals surface area contributed by atoms with Crippen LogP contribution in [0.15, 0.2) is 47.5 Å². The van der Waals surface area contributed by atoms with Crippen molar-refractivity contribution in [1.29, 1.82) is 0 Å². The number of rotatable bonds is 8. The summed E-state index contributed by atoms with van der Waals surface area (Å²) < 4.78 is 27.1. The lowest BCUT2D eigenvalue weighted by molar-refractivity contribution is -0.117. The van der Waals surface area contributed by atoms with Crippen molar-refractivity contribution < 1.29 is 18.7 Å². The maximum absolute atomic E-state index is 13.0. The van der Waals surface area contributed by atoms with E-state index in [2.05, 4.69) is 4.99 Å². The molecule has 1 amide bonds. The van der Waals surface area contributed by atoms with Gasteiger partial charge in [-0.05, 0) is 49.7 Å². The average molecular weight is 402 g/mol. The summed E-state index contributed by atoms with van der Waals surface area (Å²) in [6, 6.07) is 11.8. The first kappa shape index (κ1) is 20.2. The number of thiazole rings is 1. The van der Waals surface area contributed by atoms with E-state index in [-0.39, 0.29) is 18.1 Å². The lowest BCUT2D eigenvalue weighted by atomic mass is 10.1. The van der Waals surface area contributed by atoms with E-state index in [1.54, 1.807) is 12.1 Å². The minimum atomic E-state index is -0.323. The Morgan fingerprint density at radius 3 is 2.64 bits per heavy atom. The van der Waals surface area contributed by atoms with Gasteiger partial charge >= 0.3 is 0 Å². The molecule has 0 aliphatic carbocycles. The molecule has 1 heterocycles. The fraction of sp³-hybridized carbons (Fsp3) is 0.333. The van der Waals surface area contributed by atoms with Crippen LogP contribution in [-0.4, -0.2) is 30.3 Å². The Kier molecular flexibility index (Phi) is 6.95. The molecule has 0 aliphatic heterocycles. The van der Waals surface area contributed by atoms with Crippen molar-refractivity contribution in [3.8, 4) is 5.75 Å². The lowest BCUT2D eigenvalue weighted by Crippen LogP contribution is -2.20. The van der Waals surface area contributed by atoms with Gasteiger partial charge in [-0.2, -0.15) is 4.99 Å². The molecule has 0 bridgehead atoms. The van der Waals surface area contributed by atoms with Gasteiger partial charge in [-0.1, -0.05) is 23.5 Å². The smallest absolute Gasteiger partial charge is 0.252 e. The van der Waals surface area contributed by atoms with E-state index in [0.29, 0.717) is 31.2 Å². The number of halogens is 1. The zero-order valence-electron chi connectivity index (χ0n) is 16.0. The Balaban J connectivity index is 1.93. The zero-order valence-corrected chi connectivity index (χ0v) is 16.8. The molecule has 0 saturated heterocycles. The van der Waals surface area contributed by atoms with Crippen molar-refractivity contribution in [3.63, 3.8) is 0 Å². The van der Waals surface area contributed by atoms with Crippen molar-refractivity contribution in [2.24, 2.45) is 4.99 Å². The monoisotopic (exact) mass is 402 g/mol. The van der Waals surface area contributed by atoms with E-state index in [1.165, 1.54) is 23.5 Å². The highest BCUT2D eigenvalue weighted by molar-refractivity contribution is 7.16. The van der Waals surface area contributed by atoms with Gasteiger partial charge in [0.25, 0.3) is 5.91 Å². The molecule has 3 aromatic rings. The first-order valence-electron chi connectivity index (χ1n) is 9.26. The van der Waals surface area contributed by atoms with Crippen LogP contribution in [0.5, 0.6) is 5.75 Å². The summed E-state index contributed by atoms with van der Waals surface area (Å²) in [6.07, 6.45) is 0.129. The fourth-order valence-corrected chi connectivity index (χ4v) is 3.94. The van der Waals surface area contributed by atoms with Crippen molar-refractivity contribution >= 4 is 27.5 Å². The van der Waals surface area contributed by atoms with Gasteiger partial charge in [0.2, 0.25) is 0 Å². The van der Waals surface area contributed by atoms with Gasteiger partial charge in [0.15, 0.2) is 4.80 Å². The van der Waals surface area contributed by atoms with Crippen molar-refractivity contribution in [2.75, 3.05) is 19.8 Å². The Morgan fingerprint density at radius 2 is 1.93 bits per heavy atom. The number of ether oxygens (including phenoxy) is 2. The van der Waals surface area contributed by atoms with Gasteiger partial charge in [0, 0.05) is 13.2 Å². The summed E-state index contributed by atoms with van der Waals surface area (Å²) >= 11 is 1.44. The third-order valence-corrected chi connectivity index (χ3v) is 5.16. The highest BCUT2D eigenvalue weighted by Crippen LogP contribution is 2.23. The van der Waals surface area contributed by atoms with Crippen molar-refractivity contribution in [1.82, 2.24) is 4.57 Å². The third kappa shape index (κ3) is 5.05. The molecule has 28 heavy (non-hydrogen) atoms. The van der Waals surface area contributed by atoms with Crippen LogP contribution in [0.25, 0.3) is 10.2 Å². The van der Waals surface area contributed by atoms with Gasteiger partial charge in [-0.25, -0.2) is 4.39 Å².